The van der Waals surface area contributed by atoms with Gasteiger partial charge in [-0.3, -0.25) is 9.08 Å². The van der Waals surface area contributed by atoms with Crippen LogP contribution >= 0.6 is 15.9 Å². The van der Waals surface area contributed by atoms with E-state index < -0.39 is 10.1 Å². The van der Waals surface area contributed by atoms with Gasteiger partial charge in [0.15, 0.2) is 5.78 Å². The fraction of sp³-hybridized carbons (Fsp3) is 0.143. The summed E-state index contributed by atoms with van der Waals surface area (Å²) < 4.78 is 28.9. The van der Waals surface area contributed by atoms with Crippen molar-refractivity contribution in [3.05, 3.63) is 52.0 Å². The molecule has 0 heterocycles. The lowest BCUT2D eigenvalue weighted by Gasteiger charge is -2.12. The van der Waals surface area contributed by atoms with Crippen molar-refractivity contribution in [3.8, 4) is 0 Å². The summed E-state index contributed by atoms with van der Waals surface area (Å²) in [5.74, 6) is -0.155. The van der Waals surface area contributed by atoms with Gasteiger partial charge >= 0.3 is 10.1 Å². The molecular formula is C14H12BrNO4S. The summed E-state index contributed by atoms with van der Waals surface area (Å²) in [4.78, 5) is 11.7. The summed E-state index contributed by atoms with van der Waals surface area (Å²) in [6, 6.07) is 7.72. The molecule has 1 aromatic rings. The Kier molecular flexibility index (Phi) is 4.43. The normalized spacial score (nSPS) is 18.0. The first-order valence-electron chi connectivity index (χ1n) is 5.99. The van der Waals surface area contributed by atoms with Gasteiger partial charge in [-0.2, -0.15) is 8.42 Å². The summed E-state index contributed by atoms with van der Waals surface area (Å²) >= 11 is 3.12. The number of halogens is 1. The van der Waals surface area contributed by atoms with Crippen LogP contribution in [0.4, 0.5) is 0 Å². The molecular weight excluding hydrogens is 358 g/mol. The Balaban J connectivity index is 2.32. The second-order valence-corrected chi connectivity index (χ2v) is 6.77. The standard InChI is InChI=1S/C14H12BrNO4S/c1-9-10(2)14(17)12(15)8-13(9)16-20-21(18,19)11-6-4-3-5-7-11/h3-8H,1-2H3. The molecule has 0 aromatic heterocycles. The molecule has 0 amide bonds. The van der Waals surface area contributed by atoms with Crippen molar-refractivity contribution >= 4 is 37.5 Å². The zero-order chi connectivity index (χ0) is 15.6. The number of allylic oxidation sites excluding steroid dienone is 4. The van der Waals surface area contributed by atoms with E-state index in [4.69, 9.17) is 4.28 Å². The van der Waals surface area contributed by atoms with E-state index in [-0.39, 0.29) is 10.7 Å². The fourth-order valence-corrected chi connectivity index (χ4v) is 2.92. The summed E-state index contributed by atoms with van der Waals surface area (Å²) in [6.45, 7) is 3.33. The minimum atomic E-state index is -3.97. The van der Waals surface area contributed by atoms with Crippen LogP contribution in [0.1, 0.15) is 13.8 Å². The second-order valence-electron chi connectivity index (χ2n) is 4.39. The first-order chi connectivity index (χ1) is 9.83. The average molecular weight is 370 g/mol. The molecule has 2 rings (SSSR count). The quantitative estimate of drug-likeness (QED) is 0.606. The van der Waals surface area contributed by atoms with Crippen LogP contribution < -0.4 is 0 Å². The maximum Gasteiger partial charge on any atom is 0.358 e. The van der Waals surface area contributed by atoms with Crippen LogP contribution in [0, 0.1) is 0 Å². The van der Waals surface area contributed by atoms with Gasteiger partial charge in [0.25, 0.3) is 0 Å². The first kappa shape index (κ1) is 15.7. The lowest BCUT2D eigenvalue weighted by Crippen LogP contribution is -2.15. The van der Waals surface area contributed by atoms with Crippen LogP contribution in [0.5, 0.6) is 0 Å². The highest BCUT2D eigenvalue weighted by molar-refractivity contribution is 9.12. The molecule has 0 bridgehead atoms. The zero-order valence-corrected chi connectivity index (χ0v) is 13.7. The lowest BCUT2D eigenvalue weighted by atomic mass is 9.97. The van der Waals surface area contributed by atoms with Crippen LogP contribution in [-0.2, 0) is 19.2 Å². The Bertz CT molecular complexity index is 776. The van der Waals surface area contributed by atoms with Gasteiger partial charge in [0, 0.05) is 5.57 Å². The summed E-state index contributed by atoms with van der Waals surface area (Å²) in [7, 11) is -3.97. The molecule has 0 saturated carbocycles. The summed E-state index contributed by atoms with van der Waals surface area (Å²) in [5, 5.41) is 3.66. The van der Waals surface area contributed by atoms with Crippen molar-refractivity contribution in [1.29, 1.82) is 0 Å². The van der Waals surface area contributed by atoms with Gasteiger partial charge < -0.3 is 0 Å². The second kappa shape index (κ2) is 5.95. The molecule has 0 saturated heterocycles. The minimum absolute atomic E-state index is 0.0163. The number of ketones is 1. The van der Waals surface area contributed by atoms with E-state index in [9.17, 15) is 13.2 Å². The van der Waals surface area contributed by atoms with Crippen LogP contribution in [0.3, 0.4) is 0 Å². The van der Waals surface area contributed by atoms with Gasteiger partial charge in [0.05, 0.1) is 4.48 Å². The highest BCUT2D eigenvalue weighted by atomic mass is 79.9. The van der Waals surface area contributed by atoms with Crippen LogP contribution in [0.15, 0.2) is 62.1 Å². The van der Waals surface area contributed by atoms with Crippen molar-refractivity contribution in [1.82, 2.24) is 0 Å². The smallest absolute Gasteiger partial charge is 0.288 e. The largest absolute Gasteiger partial charge is 0.358 e. The van der Waals surface area contributed by atoms with E-state index in [1.165, 1.54) is 18.2 Å². The number of carbonyl (C=O) groups is 1. The van der Waals surface area contributed by atoms with Crippen LogP contribution in [0.25, 0.3) is 0 Å². The van der Waals surface area contributed by atoms with E-state index in [0.29, 0.717) is 21.3 Å². The Morgan fingerprint density at radius 3 is 2.33 bits per heavy atom. The third-order valence-corrected chi connectivity index (χ3v) is 4.74. The van der Waals surface area contributed by atoms with Crippen molar-refractivity contribution in [3.63, 3.8) is 0 Å². The molecule has 110 valence electrons. The predicted octanol–water partition coefficient (Wildman–Crippen LogP) is 2.95. The molecule has 1 aromatic carbocycles. The first-order valence-corrected chi connectivity index (χ1v) is 8.19. The van der Waals surface area contributed by atoms with Gasteiger partial charge in [-0.05, 0) is 53.6 Å². The van der Waals surface area contributed by atoms with Gasteiger partial charge in [-0.1, -0.05) is 23.4 Å². The minimum Gasteiger partial charge on any atom is -0.288 e. The molecule has 0 N–H and O–H groups in total. The van der Waals surface area contributed by atoms with Gasteiger partial charge in [0.1, 0.15) is 10.6 Å². The number of rotatable bonds is 3. The highest BCUT2D eigenvalue weighted by Crippen LogP contribution is 2.23. The Morgan fingerprint density at radius 2 is 1.71 bits per heavy atom. The Labute approximate surface area is 131 Å². The molecule has 21 heavy (non-hydrogen) atoms. The number of carbonyl (C=O) groups excluding carboxylic acids is 1. The Hall–Kier alpha value is -1.73. The number of benzene rings is 1. The molecule has 7 heteroatoms. The number of hydrogen-bond acceptors (Lipinski definition) is 5. The SMILES string of the molecule is CC1=C(C)C(=NOS(=O)(=O)c2ccccc2)C=C(Br)C1=O. The highest BCUT2D eigenvalue weighted by Gasteiger charge is 2.22. The van der Waals surface area contributed by atoms with Crippen LogP contribution in [-0.4, -0.2) is 19.9 Å². The van der Waals surface area contributed by atoms with E-state index in [1.54, 1.807) is 32.0 Å². The van der Waals surface area contributed by atoms with Crippen molar-refractivity contribution in [2.24, 2.45) is 5.16 Å². The maximum atomic E-state index is 12.0. The van der Waals surface area contributed by atoms with E-state index >= 15 is 0 Å². The van der Waals surface area contributed by atoms with E-state index in [2.05, 4.69) is 21.1 Å². The predicted molar refractivity (Wildman–Crippen MR) is 82.5 cm³/mol. The van der Waals surface area contributed by atoms with Gasteiger partial charge in [0.2, 0.25) is 0 Å². The molecule has 1 aliphatic rings. The molecule has 1 aliphatic carbocycles. The number of Topliss-reactive ketones (excluding diaryl/α,β-unsaturated/α-hetero) is 1. The Morgan fingerprint density at radius 1 is 1.10 bits per heavy atom. The van der Waals surface area contributed by atoms with E-state index in [0.717, 1.165) is 0 Å². The number of nitrogens with zero attached hydrogens (tertiary/aromatic N) is 1. The van der Waals surface area contributed by atoms with Gasteiger partial charge in [-0.25, -0.2) is 0 Å². The molecule has 0 fully saturated rings. The summed E-state index contributed by atoms with van der Waals surface area (Å²) in [5.41, 5.74) is 1.36. The van der Waals surface area contributed by atoms with Crippen molar-refractivity contribution < 1.29 is 17.5 Å². The maximum absolute atomic E-state index is 12.0. The zero-order valence-electron chi connectivity index (χ0n) is 11.3. The molecule has 5 nitrogen and oxygen atoms in total. The third-order valence-electron chi connectivity index (χ3n) is 3.03. The molecule has 0 aliphatic heterocycles. The molecule has 0 spiro atoms. The summed E-state index contributed by atoms with van der Waals surface area (Å²) in [6.07, 6.45) is 1.44. The third kappa shape index (κ3) is 3.30. The van der Waals surface area contributed by atoms with Crippen molar-refractivity contribution in [2.75, 3.05) is 0 Å². The lowest BCUT2D eigenvalue weighted by molar-refractivity contribution is -0.111. The number of oxime groups is 1. The van der Waals surface area contributed by atoms with E-state index in [1.807, 2.05) is 0 Å². The van der Waals surface area contributed by atoms with Gasteiger partial charge in [-0.15, -0.1) is 0 Å². The monoisotopic (exact) mass is 369 g/mol. The topological polar surface area (TPSA) is 72.8 Å². The fourth-order valence-electron chi connectivity index (χ4n) is 1.65. The van der Waals surface area contributed by atoms with Crippen molar-refractivity contribution in [2.45, 2.75) is 18.7 Å². The molecule has 0 atom stereocenters. The molecule has 0 unspecified atom stereocenters. The van der Waals surface area contributed by atoms with Crippen LogP contribution in [0.2, 0.25) is 0 Å². The molecule has 0 radical (unpaired) electrons. The average Bonchev–Trinajstić information content (AvgIpc) is 2.48. The number of hydrogen-bond donors (Lipinski definition) is 0.